The highest BCUT2D eigenvalue weighted by Gasteiger charge is 2.36. The molecule has 2 aromatic carbocycles. The number of nitrogens with zero attached hydrogens (tertiary/aromatic N) is 2. The molecule has 3 atom stereocenters. The largest absolute Gasteiger partial charge is 0.399 e. The number of carbonyl (C=O) groups excluding carboxylic acids is 3. The van der Waals surface area contributed by atoms with Gasteiger partial charge in [-0.25, -0.2) is 8.42 Å². The molecule has 0 aliphatic rings. The van der Waals surface area contributed by atoms with Gasteiger partial charge in [-0.05, 0) is 72.2 Å². The first kappa shape index (κ1) is 38.1. The maximum atomic E-state index is 13.9. The van der Waals surface area contributed by atoms with E-state index >= 15 is 0 Å². The van der Waals surface area contributed by atoms with E-state index in [-0.39, 0.29) is 36.0 Å². The standard InChI is InChI=1S/C35H48N6O6S/c1-23(2)21-41(48(46,47)27-14-12-26(36)13-15-27)22-30(42)28(19-25-10-8-7-9-11-25)39-34(45)32(35(4,5)6)40-31(43)20-38-33(44)29-18-24(3)16-17-37-29/h7-18,23,28,30,32,42H,19-22,36H2,1-6H3,(H,38,44)(H,39,45)(H,40,43)/t28-,30+,32+/m0/s1. The van der Waals surface area contributed by atoms with E-state index in [1.165, 1.54) is 34.8 Å². The van der Waals surface area contributed by atoms with Gasteiger partial charge in [0.05, 0.1) is 23.6 Å². The molecule has 12 nitrogen and oxygen atoms in total. The molecular weight excluding hydrogens is 632 g/mol. The first-order chi connectivity index (χ1) is 22.5. The zero-order chi connectivity index (χ0) is 35.6. The number of benzene rings is 2. The van der Waals surface area contributed by atoms with Gasteiger partial charge in [0, 0.05) is 25.0 Å². The van der Waals surface area contributed by atoms with Gasteiger partial charge in [0.1, 0.15) is 11.7 Å². The topological polar surface area (TPSA) is 184 Å². The molecule has 3 rings (SSSR count). The van der Waals surface area contributed by atoms with Gasteiger partial charge in [-0.2, -0.15) is 4.31 Å². The van der Waals surface area contributed by atoms with Crippen LogP contribution in [0, 0.1) is 18.3 Å². The Bertz CT molecular complexity index is 1640. The summed E-state index contributed by atoms with van der Waals surface area (Å²) in [5.74, 6) is -1.76. The van der Waals surface area contributed by atoms with E-state index in [1.807, 2.05) is 51.1 Å². The van der Waals surface area contributed by atoms with E-state index in [2.05, 4.69) is 20.9 Å². The molecule has 0 fully saturated rings. The van der Waals surface area contributed by atoms with Crippen molar-refractivity contribution in [3.63, 3.8) is 0 Å². The summed E-state index contributed by atoms with van der Waals surface area (Å²) in [5.41, 5.74) is 7.23. The van der Waals surface area contributed by atoms with Gasteiger partial charge in [0.15, 0.2) is 0 Å². The molecule has 48 heavy (non-hydrogen) atoms. The Hall–Kier alpha value is -4.33. The van der Waals surface area contributed by atoms with Crippen molar-refractivity contribution in [1.82, 2.24) is 25.2 Å². The molecule has 1 aromatic heterocycles. The smallest absolute Gasteiger partial charge is 0.270 e. The predicted octanol–water partition coefficient (Wildman–Crippen LogP) is 2.67. The lowest BCUT2D eigenvalue weighted by Crippen LogP contribution is -2.59. The molecule has 0 saturated heterocycles. The van der Waals surface area contributed by atoms with Crippen LogP contribution in [0.25, 0.3) is 0 Å². The number of rotatable bonds is 15. The fraction of sp³-hybridized carbons (Fsp3) is 0.429. The highest BCUT2D eigenvalue weighted by Crippen LogP contribution is 2.22. The van der Waals surface area contributed by atoms with Crippen molar-refractivity contribution in [3.8, 4) is 0 Å². The van der Waals surface area contributed by atoms with Crippen molar-refractivity contribution >= 4 is 33.4 Å². The number of hydrogen-bond acceptors (Lipinski definition) is 8. The highest BCUT2D eigenvalue weighted by atomic mass is 32.2. The third kappa shape index (κ3) is 11.1. The first-order valence-electron chi connectivity index (χ1n) is 15.9. The number of sulfonamides is 1. The number of carbonyl (C=O) groups is 3. The van der Waals surface area contributed by atoms with E-state index in [0.29, 0.717) is 5.69 Å². The van der Waals surface area contributed by atoms with Crippen LogP contribution in [0.15, 0.2) is 77.8 Å². The summed E-state index contributed by atoms with van der Waals surface area (Å²) in [6.45, 7) is 10.3. The number of anilines is 1. The number of hydrogen-bond donors (Lipinski definition) is 5. The summed E-state index contributed by atoms with van der Waals surface area (Å²) in [6.07, 6.45) is 0.365. The molecule has 3 amide bonds. The number of aliphatic hydroxyl groups excluding tert-OH is 1. The zero-order valence-electron chi connectivity index (χ0n) is 28.4. The number of amides is 3. The molecule has 6 N–H and O–H groups in total. The third-order valence-corrected chi connectivity index (χ3v) is 9.40. The summed E-state index contributed by atoms with van der Waals surface area (Å²) < 4.78 is 28.6. The Morgan fingerprint density at radius 1 is 0.958 bits per heavy atom. The number of aliphatic hydroxyl groups is 1. The van der Waals surface area contributed by atoms with Crippen LogP contribution in [-0.2, 0) is 26.0 Å². The number of nitrogens with two attached hydrogens (primary N) is 1. The molecular formula is C35H48N6O6S. The van der Waals surface area contributed by atoms with Crippen LogP contribution >= 0.6 is 0 Å². The molecule has 0 unspecified atom stereocenters. The summed E-state index contributed by atoms with van der Waals surface area (Å²) in [4.78, 5) is 43.4. The second-order valence-electron chi connectivity index (χ2n) is 13.4. The van der Waals surface area contributed by atoms with Crippen molar-refractivity contribution < 1.29 is 27.9 Å². The number of nitrogens with one attached hydrogen (secondary N) is 3. The molecule has 0 bridgehead atoms. The van der Waals surface area contributed by atoms with Gasteiger partial charge in [-0.1, -0.05) is 65.0 Å². The van der Waals surface area contributed by atoms with E-state index < -0.39 is 57.9 Å². The molecule has 0 saturated carbocycles. The Morgan fingerprint density at radius 3 is 2.19 bits per heavy atom. The van der Waals surface area contributed by atoms with Crippen LogP contribution in [0.3, 0.4) is 0 Å². The van der Waals surface area contributed by atoms with Crippen molar-refractivity contribution in [3.05, 3.63) is 89.7 Å². The zero-order valence-corrected chi connectivity index (χ0v) is 29.3. The summed E-state index contributed by atoms with van der Waals surface area (Å²) in [5, 5.41) is 19.7. The fourth-order valence-corrected chi connectivity index (χ4v) is 6.64. The quantitative estimate of drug-likeness (QED) is 0.152. The van der Waals surface area contributed by atoms with Crippen molar-refractivity contribution in [2.24, 2.45) is 11.3 Å². The molecule has 1 heterocycles. The first-order valence-corrected chi connectivity index (χ1v) is 17.3. The lowest BCUT2D eigenvalue weighted by atomic mass is 9.85. The Kier molecular flexibility index (Phi) is 13.2. The second-order valence-corrected chi connectivity index (χ2v) is 15.4. The summed E-state index contributed by atoms with van der Waals surface area (Å²) in [7, 11) is -4.03. The SMILES string of the molecule is Cc1ccnc(C(=O)NCC(=O)N[C@H](C(=O)N[C@@H](Cc2ccccc2)[C@H](O)CN(CC(C)C)S(=O)(=O)c2ccc(N)cc2)C(C)(C)C)c1. The number of aromatic nitrogens is 1. The molecule has 0 spiro atoms. The lowest BCUT2D eigenvalue weighted by Gasteiger charge is -2.34. The van der Waals surface area contributed by atoms with Crippen molar-refractivity contribution in [2.45, 2.75) is 71.0 Å². The fourth-order valence-electron chi connectivity index (χ4n) is 5.02. The van der Waals surface area contributed by atoms with E-state index in [9.17, 15) is 27.9 Å². The van der Waals surface area contributed by atoms with Crippen LogP contribution in [0.4, 0.5) is 5.69 Å². The molecule has 0 radical (unpaired) electrons. The van der Waals surface area contributed by atoms with Gasteiger partial charge in [0.25, 0.3) is 5.91 Å². The van der Waals surface area contributed by atoms with Gasteiger partial charge < -0.3 is 26.8 Å². The lowest BCUT2D eigenvalue weighted by molar-refractivity contribution is -0.132. The minimum absolute atomic E-state index is 0.0361. The minimum atomic E-state index is -4.03. The summed E-state index contributed by atoms with van der Waals surface area (Å²) in [6, 6.07) is 16.4. The summed E-state index contributed by atoms with van der Waals surface area (Å²) >= 11 is 0. The Balaban J connectivity index is 1.82. The maximum Gasteiger partial charge on any atom is 0.270 e. The Labute approximate surface area is 283 Å². The normalized spacial score (nSPS) is 13.9. The highest BCUT2D eigenvalue weighted by molar-refractivity contribution is 7.89. The van der Waals surface area contributed by atoms with Crippen molar-refractivity contribution in [1.29, 1.82) is 0 Å². The second kappa shape index (κ2) is 16.7. The number of nitrogen functional groups attached to an aromatic ring is 1. The molecule has 0 aliphatic heterocycles. The van der Waals surface area contributed by atoms with Crippen LogP contribution < -0.4 is 21.7 Å². The van der Waals surface area contributed by atoms with Gasteiger partial charge in [0.2, 0.25) is 21.8 Å². The van der Waals surface area contributed by atoms with Crippen LogP contribution in [-0.4, -0.2) is 78.4 Å². The van der Waals surface area contributed by atoms with Gasteiger partial charge in [-0.15, -0.1) is 0 Å². The predicted molar refractivity (Wildman–Crippen MR) is 185 cm³/mol. The number of aryl methyl sites for hydroxylation is 1. The van der Waals surface area contributed by atoms with Crippen molar-refractivity contribution in [2.75, 3.05) is 25.4 Å². The average molecular weight is 681 g/mol. The van der Waals surface area contributed by atoms with Gasteiger partial charge in [-0.3, -0.25) is 19.4 Å². The Morgan fingerprint density at radius 2 is 1.60 bits per heavy atom. The van der Waals surface area contributed by atoms with Crippen LogP contribution in [0.1, 0.15) is 56.2 Å². The number of pyridine rings is 1. The van der Waals surface area contributed by atoms with E-state index in [1.54, 1.807) is 32.9 Å². The molecule has 3 aromatic rings. The van der Waals surface area contributed by atoms with Crippen LogP contribution in [0.5, 0.6) is 0 Å². The van der Waals surface area contributed by atoms with E-state index in [4.69, 9.17) is 5.73 Å². The average Bonchev–Trinajstić information content (AvgIpc) is 3.01. The minimum Gasteiger partial charge on any atom is -0.399 e. The monoisotopic (exact) mass is 680 g/mol. The van der Waals surface area contributed by atoms with Crippen LogP contribution in [0.2, 0.25) is 0 Å². The third-order valence-electron chi connectivity index (χ3n) is 7.56. The molecule has 0 aliphatic carbocycles. The molecule has 13 heteroatoms. The maximum absolute atomic E-state index is 13.9. The van der Waals surface area contributed by atoms with E-state index in [0.717, 1.165) is 11.1 Å². The van der Waals surface area contributed by atoms with Gasteiger partial charge >= 0.3 is 0 Å². The molecule has 260 valence electrons.